The molecular formula is C32H39N5O3S. The normalized spacial score (nSPS) is 11.0. The Morgan fingerprint density at radius 1 is 0.902 bits per heavy atom. The molecule has 1 amide bonds. The van der Waals surface area contributed by atoms with Gasteiger partial charge in [0, 0.05) is 17.9 Å². The van der Waals surface area contributed by atoms with Crippen molar-refractivity contribution in [2.45, 2.75) is 37.7 Å². The maximum atomic E-state index is 12.2. The number of methoxy groups -OCH3 is 1. The second-order valence-corrected chi connectivity index (χ2v) is 10.5. The monoisotopic (exact) mass is 573 g/mol. The third-order valence-electron chi connectivity index (χ3n) is 6.78. The van der Waals surface area contributed by atoms with Crippen LogP contribution in [-0.4, -0.2) is 65.5 Å². The maximum Gasteiger partial charge on any atom is 0.257 e. The largest absolute Gasteiger partial charge is 0.497 e. The Hall–Kier alpha value is -3.82. The van der Waals surface area contributed by atoms with Crippen LogP contribution in [0.2, 0.25) is 0 Å². The zero-order valence-electron chi connectivity index (χ0n) is 24.1. The number of thioether (sulfide) groups is 1. The minimum atomic E-state index is -0.116. The van der Waals surface area contributed by atoms with Gasteiger partial charge in [0.05, 0.1) is 13.7 Å². The van der Waals surface area contributed by atoms with Crippen LogP contribution < -0.4 is 14.8 Å². The van der Waals surface area contributed by atoms with Crippen LogP contribution in [0.1, 0.15) is 31.4 Å². The van der Waals surface area contributed by atoms with Crippen molar-refractivity contribution in [2.75, 3.05) is 39.9 Å². The molecule has 0 bridgehead atoms. The summed E-state index contributed by atoms with van der Waals surface area (Å²) >= 11 is 1.65. The number of carbonyl (C=O) groups is 1. The smallest absolute Gasteiger partial charge is 0.257 e. The standard InChI is InChI=1S/C32H39N5O3S/c1-4-36(5-2)21-9-20-33-30(38)23-40-29-18-14-27(15-19-29)31-34-35-32(37(31)22-25-10-7-6-8-11-25)41-24-26-12-16-28(39-3)17-13-26/h6-8,10-19H,4-5,9,20-24H2,1-3H3,(H,33,38). The Labute approximate surface area is 247 Å². The van der Waals surface area contributed by atoms with E-state index in [0.29, 0.717) is 18.8 Å². The van der Waals surface area contributed by atoms with Crippen molar-refractivity contribution in [3.05, 3.63) is 90.0 Å². The van der Waals surface area contributed by atoms with E-state index in [1.54, 1.807) is 18.9 Å². The van der Waals surface area contributed by atoms with Gasteiger partial charge in [-0.05, 0) is 73.6 Å². The molecule has 0 saturated carbocycles. The van der Waals surface area contributed by atoms with Gasteiger partial charge in [-0.15, -0.1) is 10.2 Å². The van der Waals surface area contributed by atoms with Gasteiger partial charge in [0.2, 0.25) is 0 Å². The lowest BCUT2D eigenvalue weighted by molar-refractivity contribution is -0.123. The topological polar surface area (TPSA) is 81.5 Å². The summed E-state index contributed by atoms with van der Waals surface area (Å²) < 4.78 is 13.2. The summed E-state index contributed by atoms with van der Waals surface area (Å²) in [5.41, 5.74) is 3.28. The maximum absolute atomic E-state index is 12.2. The molecule has 0 fully saturated rings. The first kappa shape index (κ1) is 30.1. The fourth-order valence-corrected chi connectivity index (χ4v) is 5.25. The van der Waals surface area contributed by atoms with Gasteiger partial charge in [-0.25, -0.2) is 0 Å². The van der Waals surface area contributed by atoms with Crippen LogP contribution in [0, 0.1) is 0 Å². The summed E-state index contributed by atoms with van der Waals surface area (Å²) in [5, 5.41) is 12.9. The van der Waals surface area contributed by atoms with Crippen molar-refractivity contribution in [2.24, 2.45) is 0 Å². The summed E-state index contributed by atoms with van der Waals surface area (Å²) in [4.78, 5) is 14.6. The molecule has 4 aromatic rings. The molecule has 0 aliphatic heterocycles. The summed E-state index contributed by atoms with van der Waals surface area (Å²) in [7, 11) is 1.67. The van der Waals surface area contributed by atoms with Crippen molar-refractivity contribution in [3.63, 3.8) is 0 Å². The van der Waals surface area contributed by atoms with Gasteiger partial charge in [-0.2, -0.15) is 0 Å². The number of carbonyl (C=O) groups excluding carboxylic acids is 1. The Balaban J connectivity index is 1.39. The van der Waals surface area contributed by atoms with Gasteiger partial charge in [0.25, 0.3) is 5.91 Å². The van der Waals surface area contributed by atoms with Gasteiger partial charge in [0.1, 0.15) is 11.5 Å². The number of amides is 1. The number of hydrogen-bond donors (Lipinski definition) is 1. The molecule has 41 heavy (non-hydrogen) atoms. The number of ether oxygens (including phenoxy) is 2. The highest BCUT2D eigenvalue weighted by molar-refractivity contribution is 7.98. The molecular weight excluding hydrogens is 534 g/mol. The average molecular weight is 574 g/mol. The molecule has 0 spiro atoms. The summed E-state index contributed by atoms with van der Waals surface area (Å²) in [6, 6.07) is 26.0. The lowest BCUT2D eigenvalue weighted by atomic mass is 10.2. The zero-order chi connectivity index (χ0) is 28.9. The Bertz CT molecular complexity index is 1340. The number of hydrogen-bond acceptors (Lipinski definition) is 7. The van der Waals surface area contributed by atoms with E-state index >= 15 is 0 Å². The van der Waals surface area contributed by atoms with Gasteiger partial charge in [-0.3, -0.25) is 9.36 Å². The minimum absolute atomic E-state index is 0.0129. The van der Waals surface area contributed by atoms with Gasteiger partial charge in [-0.1, -0.05) is 68.1 Å². The Kier molecular flexibility index (Phi) is 11.6. The minimum Gasteiger partial charge on any atom is -0.497 e. The molecule has 0 unspecified atom stereocenters. The molecule has 4 rings (SSSR count). The molecule has 1 N–H and O–H groups in total. The third-order valence-corrected chi connectivity index (χ3v) is 7.82. The Morgan fingerprint density at radius 2 is 1.61 bits per heavy atom. The first-order valence-corrected chi connectivity index (χ1v) is 15.0. The summed E-state index contributed by atoms with van der Waals surface area (Å²) in [6.45, 7) is 8.61. The molecule has 3 aromatic carbocycles. The highest BCUT2D eigenvalue weighted by Crippen LogP contribution is 2.29. The van der Waals surface area contributed by atoms with Crippen LogP contribution in [-0.2, 0) is 17.1 Å². The fourth-order valence-electron chi connectivity index (χ4n) is 4.36. The third kappa shape index (κ3) is 9.09. The van der Waals surface area contributed by atoms with Crippen molar-refractivity contribution in [3.8, 4) is 22.9 Å². The molecule has 1 heterocycles. The van der Waals surface area contributed by atoms with Crippen LogP contribution in [0.25, 0.3) is 11.4 Å². The SMILES string of the molecule is CCN(CC)CCCNC(=O)COc1ccc(-c2nnc(SCc3ccc(OC)cc3)n2Cc2ccccc2)cc1. The number of rotatable bonds is 16. The van der Waals surface area contributed by atoms with E-state index in [0.717, 1.165) is 54.1 Å². The van der Waals surface area contributed by atoms with Crippen LogP contribution in [0.3, 0.4) is 0 Å². The van der Waals surface area contributed by atoms with Crippen LogP contribution in [0.5, 0.6) is 11.5 Å². The molecule has 0 aliphatic rings. The molecule has 216 valence electrons. The summed E-state index contributed by atoms with van der Waals surface area (Å²) in [6.07, 6.45) is 0.923. The fraction of sp³-hybridized carbons (Fsp3) is 0.344. The van der Waals surface area contributed by atoms with E-state index in [2.05, 4.69) is 63.1 Å². The van der Waals surface area contributed by atoms with Crippen molar-refractivity contribution >= 4 is 17.7 Å². The quantitative estimate of drug-likeness (QED) is 0.140. The Morgan fingerprint density at radius 3 is 2.29 bits per heavy atom. The predicted molar refractivity (Wildman–Crippen MR) is 164 cm³/mol. The molecule has 0 atom stereocenters. The zero-order valence-corrected chi connectivity index (χ0v) is 24.9. The van der Waals surface area contributed by atoms with Gasteiger partial charge >= 0.3 is 0 Å². The van der Waals surface area contributed by atoms with Crippen LogP contribution >= 0.6 is 11.8 Å². The summed E-state index contributed by atoms with van der Waals surface area (Å²) in [5.74, 6) is 2.90. The number of aromatic nitrogens is 3. The van der Waals surface area contributed by atoms with Crippen LogP contribution in [0.4, 0.5) is 0 Å². The van der Waals surface area contributed by atoms with Crippen LogP contribution in [0.15, 0.2) is 84.0 Å². The van der Waals surface area contributed by atoms with E-state index in [1.165, 1.54) is 11.1 Å². The lowest BCUT2D eigenvalue weighted by Gasteiger charge is -2.17. The first-order chi connectivity index (χ1) is 20.1. The van der Waals surface area contributed by atoms with Crippen molar-refractivity contribution < 1.29 is 14.3 Å². The highest BCUT2D eigenvalue weighted by atomic mass is 32.2. The molecule has 0 saturated heterocycles. The number of benzene rings is 3. The second kappa shape index (κ2) is 15.8. The van der Waals surface area contributed by atoms with E-state index in [-0.39, 0.29) is 12.5 Å². The molecule has 0 radical (unpaired) electrons. The highest BCUT2D eigenvalue weighted by Gasteiger charge is 2.16. The first-order valence-electron chi connectivity index (χ1n) is 14.0. The van der Waals surface area contributed by atoms with E-state index < -0.39 is 0 Å². The average Bonchev–Trinajstić information content (AvgIpc) is 3.42. The molecule has 8 nitrogen and oxygen atoms in total. The van der Waals surface area contributed by atoms with E-state index in [9.17, 15) is 4.79 Å². The molecule has 9 heteroatoms. The second-order valence-electron chi connectivity index (χ2n) is 9.56. The number of nitrogens with one attached hydrogen (secondary N) is 1. The van der Waals surface area contributed by atoms with E-state index in [4.69, 9.17) is 9.47 Å². The number of nitrogens with zero attached hydrogens (tertiary/aromatic N) is 4. The molecule has 0 aliphatic carbocycles. The van der Waals surface area contributed by atoms with Crippen molar-refractivity contribution in [1.82, 2.24) is 25.0 Å². The van der Waals surface area contributed by atoms with Crippen molar-refractivity contribution in [1.29, 1.82) is 0 Å². The van der Waals surface area contributed by atoms with E-state index in [1.807, 2.05) is 54.6 Å². The van der Waals surface area contributed by atoms with Gasteiger partial charge in [0.15, 0.2) is 17.6 Å². The molecule has 1 aromatic heterocycles. The van der Waals surface area contributed by atoms with Gasteiger partial charge < -0.3 is 19.7 Å². The lowest BCUT2D eigenvalue weighted by Crippen LogP contribution is -2.32. The predicted octanol–water partition coefficient (Wildman–Crippen LogP) is 5.52.